The van der Waals surface area contributed by atoms with E-state index in [4.69, 9.17) is 0 Å². The average Bonchev–Trinajstić information content (AvgIpc) is 2.16. The first-order valence-electron chi connectivity index (χ1n) is 3.40. The minimum absolute atomic E-state index is 0.257. The Balaban J connectivity index is 3.09. The number of carbonyl (C=O) groups excluding carboxylic acids is 1. The minimum atomic E-state index is -0.446. The molecule has 1 aromatic rings. The fourth-order valence-electron chi connectivity index (χ4n) is 0.826. The summed E-state index contributed by atoms with van der Waals surface area (Å²) in [6.45, 7) is 0. The lowest BCUT2D eigenvalue weighted by atomic mass is 10.2. The molecule has 0 aromatic heterocycles. The molecular formula is C8H6BrNO3. The molecule has 0 heterocycles. The molecule has 13 heavy (non-hydrogen) atoms. The smallest absolute Gasteiger partial charge is 0.337 e. The topological polar surface area (TPSA) is 55.7 Å². The summed E-state index contributed by atoms with van der Waals surface area (Å²) < 4.78 is 4.97. The molecule has 0 atom stereocenters. The summed E-state index contributed by atoms with van der Waals surface area (Å²) >= 11 is 3.10. The van der Waals surface area contributed by atoms with E-state index < -0.39 is 5.97 Å². The van der Waals surface area contributed by atoms with Gasteiger partial charge in [-0.15, -0.1) is 4.91 Å². The molecule has 68 valence electrons. The van der Waals surface area contributed by atoms with Crippen molar-refractivity contribution in [3.63, 3.8) is 0 Å². The number of nitrogens with zero attached hydrogens (tertiary/aromatic N) is 1. The number of esters is 1. The molecule has 0 saturated heterocycles. The van der Waals surface area contributed by atoms with Crippen molar-refractivity contribution in [1.82, 2.24) is 0 Å². The van der Waals surface area contributed by atoms with Crippen LogP contribution in [0.1, 0.15) is 10.4 Å². The van der Waals surface area contributed by atoms with Gasteiger partial charge in [-0.3, -0.25) is 0 Å². The van der Waals surface area contributed by atoms with Crippen LogP contribution < -0.4 is 0 Å². The van der Waals surface area contributed by atoms with Crippen LogP contribution in [0.15, 0.2) is 27.8 Å². The van der Waals surface area contributed by atoms with Crippen molar-refractivity contribution in [2.24, 2.45) is 5.18 Å². The van der Waals surface area contributed by atoms with Crippen molar-refractivity contribution in [1.29, 1.82) is 0 Å². The fourth-order valence-corrected chi connectivity index (χ4v) is 1.28. The van der Waals surface area contributed by atoms with Crippen LogP contribution in [0.25, 0.3) is 0 Å². The molecule has 0 saturated carbocycles. The first-order chi connectivity index (χ1) is 6.19. The number of carbonyl (C=O) groups is 1. The van der Waals surface area contributed by atoms with Gasteiger partial charge in [-0.1, -0.05) is 0 Å². The Labute approximate surface area is 83.0 Å². The van der Waals surface area contributed by atoms with Crippen molar-refractivity contribution in [2.75, 3.05) is 7.11 Å². The monoisotopic (exact) mass is 243 g/mol. The lowest BCUT2D eigenvalue weighted by molar-refractivity contribution is 0.0600. The molecule has 4 nitrogen and oxygen atoms in total. The highest BCUT2D eigenvalue weighted by Gasteiger charge is 2.07. The zero-order valence-corrected chi connectivity index (χ0v) is 8.37. The van der Waals surface area contributed by atoms with E-state index in [0.29, 0.717) is 10.0 Å². The van der Waals surface area contributed by atoms with E-state index in [2.05, 4.69) is 25.8 Å². The second kappa shape index (κ2) is 4.13. The predicted molar refractivity (Wildman–Crippen MR) is 50.9 cm³/mol. The normalized spacial score (nSPS) is 9.38. The number of halogens is 1. The Morgan fingerprint density at radius 3 is 2.69 bits per heavy atom. The minimum Gasteiger partial charge on any atom is -0.465 e. The molecule has 5 heteroatoms. The van der Waals surface area contributed by atoms with Crippen molar-refractivity contribution >= 4 is 27.6 Å². The Hall–Kier alpha value is -1.23. The molecule has 1 aromatic carbocycles. The van der Waals surface area contributed by atoms with Gasteiger partial charge in [0.1, 0.15) is 5.69 Å². The molecule has 0 N–H and O–H groups in total. The molecule has 0 bridgehead atoms. The maximum absolute atomic E-state index is 11.0. The molecule has 1 rings (SSSR count). The summed E-state index contributed by atoms with van der Waals surface area (Å²) in [5.74, 6) is -0.446. The Kier molecular flexibility index (Phi) is 3.13. The van der Waals surface area contributed by atoms with E-state index >= 15 is 0 Å². The lowest BCUT2D eigenvalue weighted by Gasteiger charge is -1.99. The van der Waals surface area contributed by atoms with Gasteiger partial charge in [0.15, 0.2) is 0 Å². The Morgan fingerprint density at radius 2 is 2.23 bits per heavy atom. The van der Waals surface area contributed by atoms with Crippen molar-refractivity contribution < 1.29 is 9.53 Å². The highest BCUT2D eigenvalue weighted by Crippen LogP contribution is 2.26. The average molecular weight is 244 g/mol. The van der Waals surface area contributed by atoms with Crippen LogP contribution in [-0.2, 0) is 4.74 Å². The van der Waals surface area contributed by atoms with Crippen LogP contribution in [0, 0.1) is 4.91 Å². The molecule has 0 unspecified atom stereocenters. The van der Waals surface area contributed by atoms with Crippen LogP contribution in [0.4, 0.5) is 5.69 Å². The van der Waals surface area contributed by atoms with Gasteiger partial charge < -0.3 is 4.74 Å². The van der Waals surface area contributed by atoms with Gasteiger partial charge in [0.05, 0.1) is 12.7 Å². The second-order valence-corrected chi connectivity index (χ2v) is 3.10. The van der Waals surface area contributed by atoms with Crippen LogP contribution >= 0.6 is 15.9 Å². The van der Waals surface area contributed by atoms with Gasteiger partial charge in [0.2, 0.25) is 0 Å². The van der Waals surface area contributed by atoms with Crippen molar-refractivity contribution in [3.8, 4) is 0 Å². The summed E-state index contributed by atoms with van der Waals surface area (Å²) in [5.41, 5.74) is 0.634. The molecule has 0 aliphatic carbocycles. The summed E-state index contributed by atoms with van der Waals surface area (Å²) in [6.07, 6.45) is 0. The second-order valence-electron chi connectivity index (χ2n) is 2.25. The number of methoxy groups -OCH3 is 1. The first kappa shape index (κ1) is 9.85. The van der Waals surface area contributed by atoms with Gasteiger partial charge in [-0.05, 0) is 39.3 Å². The number of hydrogen-bond donors (Lipinski definition) is 0. The number of rotatable bonds is 2. The molecule has 0 amide bonds. The molecule has 0 fully saturated rings. The first-order valence-corrected chi connectivity index (χ1v) is 4.19. The standard InChI is InChI=1S/C8H6BrNO3/c1-13-8(11)5-2-3-7(10-12)6(9)4-5/h2-4H,1H3. The highest BCUT2D eigenvalue weighted by atomic mass is 79.9. The summed E-state index contributed by atoms with van der Waals surface area (Å²) in [6, 6.07) is 4.42. The third kappa shape index (κ3) is 2.12. The van der Waals surface area contributed by atoms with Gasteiger partial charge in [-0.25, -0.2) is 4.79 Å². The lowest BCUT2D eigenvalue weighted by Crippen LogP contribution is -2.00. The van der Waals surface area contributed by atoms with Crippen LogP contribution in [0.3, 0.4) is 0 Å². The van der Waals surface area contributed by atoms with Crippen molar-refractivity contribution in [2.45, 2.75) is 0 Å². The number of ether oxygens (including phenoxy) is 1. The summed E-state index contributed by atoms with van der Waals surface area (Å²) in [5, 5.41) is 2.75. The quantitative estimate of drug-likeness (QED) is 0.593. The molecular weight excluding hydrogens is 238 g/mol. The third-order valence-electron chi connectivity index (χ3n) is 1.47. The molecule has 0 spiro atoms. The van der Waals surface area contributed by atoms with Gasteiger partial charge >= 0.3 is 5.97 Å². The van der Waals surface area contributed by atoms with Crippen LogP contribution in [0.2, 0.25) is 0 Å². The summed E-state index contributed by atoms with van der Waals surface area (Å²) in [4.78, 5) is 21.2. The van der Waals surface area contributed by atoms with Crippen molar-refractivity contribution in [3.05, 3.63) is 33.1 Å². The van der Waals surface area contributed by atoms with E-state index in [1.165, 1.54) is 25.3 Å². The largest absolute Gasteiger partial charge is 0.465 e. The maximum Gasteiger partial charge on any atom is 0.337 e. The fraction of sp³-hybridized carbons (Fsp3) is 0.125. The van der Waals surface area contributed by atoms with Gasteiger partial charge in [-0.2, -0.15) is 0 Å². The molecule has 0 aliphatic rings. The molecule has 0 aliphatic heterocycles. The predicted octanol–water partition coefficient (Wildman–Crippen LogP) is 2.63. The van der Waals surface area contributed by atoms with Crippen LogP contribution in [-0.4, -0.2) is 13.1 Å². The highest BCUT2D eigenvalue weighted by molar-refractivity contribution is 9.10. The van der Waals surface area contributed by atoms with E-state index in [1.807, 2.05) is 0 Å². The maximum atomic E-state index is 11.0. The number of hydrogen-bond acceptors (Lipinski definition) is 4. The summed E-state index contributed by atoms with van der Waals surface area (Å²) in [7, 11) is 1.29. The number of benzene rings is 1. The van der Waals surface area contributed by atoms with E-state index in [1.54, 1.807) is 0 Å². The van der Waals surface area contributed by atoms with Crippen LogP contribution in [0.5, 0.6) is 0 Å². The van der Waals surface area contributed by atoms with E-state index in [9.17, 15) is 9.70 Å². The van der Waals surface area contributed by atoms with Gasteiger partial charge in [0, 0.05) is 4.47 Å². The van der Waals surface area contributed by atoms with E-state index in [-0.39, 0.29) is 5.69 Å². The zero-order chi connectivity index (χ0) is 9.84. The SMILES string of the molecule is COC(=O)c1ccc(N=O)c(Br)c1. The Bertz CT molecular complexity index is 351. The molecule has 0 radical (unpaired) electrons. The van der Waals surface area contributed by atoms with E-state index in [0.717, 1.165) is 0 Å². The number of nitroso groups, excluding NO2 is 1. The third-order valence-corrected chi connectivity index (χ3v) is 2.10. The Morgan fingerprint density at radius 1 is 1.54 bits per heavy atom. The van der Waals surface area contributed by atoms with Gasteiger partial charge in [0.25, 0.3) is 0 Å². The zero-order valence-electron chi connectivity index (χ0n) is 6.78.